The number of benzene rings is 1. The number of hydrogen-bond acceptors (Lipinski definition) is 9. The summed E-state index contributed by atoms with van der Waals surface area (Å²) in [5.74, 6) is -1.83. The number of pyridine rings is 2. The van der Waals surface area contributed by atoms with Crippen LogP contribution in [0.25, 0.3) is 0 Å². The number of ether oxygens (including phenoxy) is 1. The second kappa shape index (κ2) is 11.5. The number of rotatable bonds is 6. The molecule has 0 radical (unpaired) electrons. The Morgan fingerprint density at radius 3 is 2.58 bits per heavy atom. The van der Waals surface area contributed by atoms with Crippen LogP contribution in [0.3, 0.4) is 0 Å². The number of carboxylic acids is 2. The first-order chi connectivity index (χ1) is 20.6. The Labute approximate surface area is 256 Å². The first-order valence-electron chi connectivity index (χ1n) is 14.2. The van der Waals surface area contributed by atoms with E-state index in [1.807, 2.05) is 18.3 Å². The van der Waals surface area contributed by atoms with Gasteiger partial charge in [0.25, 0.3) is 5.56 Å². The number of anilines is 4. The molecule has 5 heterocycles. The van der Waals surface area contributed by atoms with Crippen molar-refractivity contribution in [3.8, 4) is 5.75 Å². The van der Waals surface area contributed by atoms with Crippen molar-refractivity contribution in [2.45, 2.75) is 37.9 Å². The number of nitrogens with one attached hydrogen (secondary N) is 1. The number of piperazine rings is 1. The van der Waals surface area contributed by atoms with Gasteiger partial charge < -0.3 is 34.6 Å². The van der Waals surface area contributed by atoms with Crippen LogP contribution in [-0.4, -0.2) is 87.5 Å². The first kappa shape index (κ1) is 29.0. The highest BCUT2D eigenvalue weighted by Gasteiger charge is 2.40. The van der Waals surface area contributed by atoms with Gasteiger partial charge >= 0.3 is 11.9 Å². The van der Waals surface area contributed by atoms with Crippen molar-refractivity contribution < 1.29 is 24.5 Å². The van der Waals surface area contributed by atoms with Gasteiger partial charge in [-0.15, -0.1) is 0 Å². The van der Waals surface area contributed by atoms with E-state index in [2.05, 4.69) is 47.9 Å². The van der Waals surface area contributed by atoms with Crippen molar-refractivity contribution >= 4 is 50.7 Å². The van der Waals surface area contributed by atoms with E-state index >= 15 is 0 Å². The average molecular weight is 654 g/mol. The van der Waals surface area contributed by atoms with Crippen molar-refractivity contribution in [2.24, 2.45) is 7.05 Å². The Bertz CT molecular complexity index is 1630. The molecule has 3 N–H and O–H groups in total. The van der Waals surface area contributed by atoms with Crippen molar-refractivity contribution in [2.75, 3.05) is 47.9 Å². The van der Waals surface area contributed by atoms with E-state index in [9.17, 15) is 24.6 Å². The monoisotopic (exact) mass is 652 g/mol. The summed E-state index contributed by atoms with van der Waals surface area (Å²) in [6.07, 6.45) is 5.36. The zero-order valence-electron chi connectivity index (χ0n) is 23.9. The van der Waals surface area contributed by atoms with Crippen LogP contribution in [-0.2, 0) is 7.05 Å². The van der Waals surface area contributed by atoms with E-state index in [-0.39, 0.29) is 34.5 Å². The molecule has 0 saturated carbocycles. The molecule has 0 bridgehead atoms. The van der Waals surface area contributed by atoms with Gasteiger partial charge in [-0.3, -0.25) is 9.69 Å². The molecule has 0 aliphatic carbocycles. The zero-order valence-corrected chi connectivity index (χ0v) is 25.5. The van der Waals surface area contributed by atoms with Crippen LogP contribution in [0.4, 0.5) is 22.9 Å². The molecule has 2 fully saturated rings. The van der Waals surface area contributed by atoms with Crippen LogP contribution >= 0.6 is 15.9 Å². The molecule has 13 heteroatoms. The fourth-order valence-electron chi connectivity index (χ4n) is 6.58. The Morgan fingerprint density at radius 1 is 1.07 bits per heavy atom. The third-order valence-corrected chi connectivity index (χ3v) is 9.10. The van der Waals surface area contributed by atoms with Gasteiger partial charge in [0.05, 0.1) is 29.2 Å². The molecule has 6 rings (SSSR count). The largest absolute Gasteiger partial charge is 0.488 e. The number of aromatic nitrogens is 2. The molecule has 0 spiro atoms. The van der Waals surface area contributed by atoms with Crippen LogP contribution in [0, 0.1) is 0 Å². The van der Waals surface area contributed by atoms with Gasteiger partial charge in [-0.25, -0.2) is 14.6 Å². The van der Waals surface area contributed by atoms with Gasteiger partial charge in [-0.05, 0) is 66.0 Å². The highest BCUT2D eigenvalue weighted by Crippen LogP contribution is 2.42. The Balaban J connectivity index is 1.09. The fraction of sp³-hybridized carbons (Fsp3) is 0.400. The molecule has 3 aliphatic heterocycles. The third-order valence-electron chi connectivity index (χ3n) is 8.67. The number of nitrogens with zero attached hydrogens (tertiary/aromatic N) is 5. The summed E-state index contributed by atoms with van der Waals surface area (Å²) < 4.78 is 8.24. The molecule has 226 valence electrons. The minimum atomic E-state index is -1.30. The van der Waals surface area contributed by atoms with E-state index in [4.69, 9.17) is 4.74 Å². The molecular weight excluding hydrogens is 620 g/mol. The lowest BCUT2D eigenvalue weighted by Gasteiger charge is -2.50. The molecule has 0 amide bonds. The molecule has 3 aliphatic rings. The first-order valence-corrected chi connectivity index (χ1v) is 15.0. The maximum Gasteiger partial charge on any atom is 0.340 e. The molecule has 0 unspecified atom stereocenters. The number of aromatic carboxylic acids is 2. The average Bonchev–Trinajstić information content (AvgIpc) is 2.98. The minimum absolute atomic E-state index is 0.0863. The van der Waals surface area contributed by atoms with Crippen LogP contribution in [0.15, 0.2) is 52.0 Å². The maximum absolute atomic E-state index is 12.4. The maximum atomic E-state index is 12.4. The molecule has 2 aromatic heterocycles. The number of piperidine rings is 1. The summed E-state index contributed by atoms with van der Waals surface area (Å²) in [6, 6.07) is 9.41. The highest BCUT2D eigenvalue weighted by atomic mass is 79.9. The lowest BCUT2D eigenvalue weighted by molar-refractivity contribution is 0.0644. The van der Waals surface area contributed by atoms with E-state index in [1.165, 1.54) is 10.6 Å². The Kier molecular flexibility index (Phi) is 7.77. The van der Waals surface area contributed by atoms with Crippen LogP contribution in [0.2, 0.25) is 0 Å². The smallest absolute Gasteiger partial charge is 0.340 e. The topological polar surface area (TPSA) is 140 Å². The van der Waals surface area contributed by atoms with Crippen molar-refractivity contribution in [3.05, 3.63) is 68.7 Å². The Hall–Kier alpha value is -4.10. The zero-order chi connectivity index (χ0) is 30.4. The summed E-state index contributed by atoms with van der Waals surface area (Å²) in [6.45, 7) is 5.93. The van der Waals surface area contributed by atoms with E-state index in [0.717, 1.165) is 49.2 Å². The SMILES string of the molecule is C[C@H]1CN([C@H]2CCN3c4ccc(C(=O)O)c(C(=O)O)c4OC[C@H]3C2)CCN1c1ccc(Nc2cc(Br)cn(C)c2=O)nc1. The van der Waals surface area contributed by atoms with Gasteiger partial charge in [0.2, 0.25) is 0 Å². The van der Waals surface area contributed by atoms with E-state index in [0.29, 0.717) is 29.8 Å². The summed E-state index contributed by atoms with van der Waals surface area (Å²) in [5, 5.41) is 22.3. The standard InChI is InChI=1S/C30H33BrN6O6/c1-17-14-35(9-10-36(17)20-3-6-25(32-13-20)33-23-11-18(31)15-34(2)28(23)38)19-7-8-37-21(12-19)16-43-27-24(37)5-4-22(29(39)40)26(27)30(41)42/h3-6,11,13,15,17,19,21H,7-10,12,14,16H2,1-2H3,(H,32,33)(H,39,40)(H,41,42)/t17-,19-,21+/m0/s1. The van der Waals surface area contributed by atoms with E-state index < -0.39 is 11.9 Å². The lowest BCUT2D eigenvalue weighted by Crippen LogP contribution is -2.59. The fourth-order valence-corrected chi connectivity index (χ4v) is 7.12. The summed E-state index contributed by atoms with van der Waals surface area (Å²) in [4.78, 5) is 47.6. The number of fused-ring (bicyclic) bond motifs is 3. The number of carboxylic acid groups (broad SMARTS) is 2. The normalized spacial score (nSPS) is 21.9. The van der Waals surface area contributed by atoms with Crippen molar-refractivity contribution in [1.82, 2.24) is 14.5 Å². The van der Waals surface area contributed by atoms with Gasteiger partial charge in [0.15, 0.2) is 5.75 Å². The highest BCUT2D eigenvalue weighted by molar-refractivity contribution is 9.10. The van der Waals surface area contributed by atoms with Gasteiger partial charge in [0, 0.05) is 56.0 Å². The summed E-state index contributed by atoms with van der Waals surface area (Å²) in [7, 11) is 1.70. The predicted octanol–water partition coefficient (Wildman–Crippen LogP) is 3.62. The van der Waals surface area contributed by atoms with Crippen LogP contribution in [0.5, 0.6) is 5.75 Å². The van der Waals surface area contributed by atoms with E-state index in [1.54, 1.807) is 25.4 Å². The number of aryl methyl sites for hydroxylation is 1. The van der Waals surface area contributed by atoms with Crippen molar-refractivity contribution in [3.63, 3.8) is 0 Å². The second-order valence-corrected chi connectivity index (χ2v) is 12.3. The van der Waals surface area contributed by atoms with Crippen LogP contribution in [0.1, 0.15) is 40.5 Å². The molecule has 1 aromatic carbocycles. The number of hydrogen-bond donors (Lipinski definition) is 3. The minimum Gasteiger partial charge on any atom is -0.488 e. The molecule has 2 saturated heterocycles. The van der Waals surface area contributed by atoms with Crippen molar-refractivity contribution in [1.29, 1.82) is 0 Å². The second-order valence-electron chi connectivity index (χ2n) is 11.3. The summed E-state index contributed by atoms with van der Waals surface area (Å²) >= 11 is 3.42. The molecule has 12 nitrogen and oxygen atoms in total. The van der Waals surface area contributed by atoms with Gasteiger partial charge in [-0.1, -0.05) is 0 Å². The molecule has 3 atom stereocenters. The lowest BCUT2D eigenvalue weighted by atomic mass is 9.92. The molecular formula is C30H33BrN6O6. The predicted molar refractivity (Wildman–Crippen MR) is 165 cm³/mol. The molecule has 43 heavy (non-hydrogen) atoms. The Morgan fingerprint density at radius 2 is 1.88 bits per heavy atom. The number of carbonyl (C=O) groups is 2. The number of halogens is 1. The third kappa shape index (κ3) is 5.54. The van der Waals surface area contributed by atoms with Crippen LogP contribution < -0.4 is 25.4 Å². The summed E-state index contributed by atoms with van der Waals surface area (Å²) in [5.41, 5.74) is 1.45. The van der Waals surface area contributed by atoms with Gasteiger partial charge in [0.1, 0.15) is 23.7 Å². The van der Waals surface area contributed by atoms with Gasteiger partial charge in [-0.2, -0.15) is 0 Å². The quantitative estimate of drug-likeness (QED) is 0.360. The molecule has 3 aromatic rings.